The van der Waals surface area contributed by atoms with Gasteiger partial charge in [-0.15, -0.1) is 0 Å². The molecule has 1 aliphatic carbocycles. The molecule has 2 unspecified atom stereocenters. The van der Waals surface area contributed by atoms with Crippen molar-refractivity contribution >= 4 is 23.8 Å². The fourth-order valence-corrected chi connectivity index (χ4v) is 4.78. The molecule has 0 fully saturated rings. The Kier molecular flexibility index (Phi) is 6.60. The monoisotopic (exact) mass is 473 g/mol. The Morgan fingerprint density at radius 3 is 2.79 bits per heavy atom. The van der Waals surface area contributed by atoms with E-state index in [4.69, 9.17) is 4.74 Å². The van der Waals surface area contributed by atoms with Gasteiger partial charge >= 0.3 is 0 Å². The summed E-state index contributed by atoms with van der Waals surface area (Å²) in [6.45, 7) is 3.17. The van der Waals surface area contributed by atoms with E-state index in [2.05, 4.69) is 10.3 Å². The SMILES string of the molecule is CC(=O)NC1CCc2c(F)c(F)cc(/N=C3\CCn4c3cc(C(C)O)c(COC=O)c4=O)c2C1. The average Bonchev–Trinajstić information content (AvgIpc) is 3.19. The van der Waals surface area contributed by atoms with Crippen molar-refractivity contribution in [2.24, 2.45) is 4.99 Å². The second-order valence-corrected chi connectivity index (χ2v) is 8.60. The summed E-state index contributed by atoms with van der Waals surface area (Å²) in [4.78, 5) is 39.8. The summed E-state index contributed by atoms with van der Waals surface area (Å²) in [5.74, 6) is -2.11. The van der Waals surface area contributed by atoms with Gasteiger partial charge in [0.25, 0.3) is 12.0 Å². The highest BCUT2D eigenvalue weighted by Crippen LogP contribution is 2.35. The van der Waals surface area contributed by atoms with Crippen molar-refractivity contribution < 1.29 is 28.2 Å². The lowest BCUT2D eigenvalue weighted by Crippen LogP contribution is -2.37. The Morgan fingerprint density at radius 2 is 2.12 bits per heavy atom. The van der Waals surface area contributed by atoms with E-state index in [9.17, 15) is 28.3 Å². The van der Waals surface area contributed by atoms with Crippen molar-refractivity contribution in [3.05, 3.63) is 62.1 Å². The van der Waals surface area contributed by atoms with Crippen LogP contribution >= 0.6 is 0 Å². The number of hydrogen-bond donors (Lipinski definition) is 2. The summed E-state index contributed by atoms with van der Waals surface area (Å²) in [5.41, 5.74) is 2.08. The van der Waals surface area contributed by atoms with Gasteiger partial charge in [-0.05, 0) is 48.9 Å². The fourth-order valence-electron chi connectivity index (χ4n) is 4.78. The maximum atomic E-state index is 14.5. The Balaban J connectivity index is 1.81. The number of nitrogens with zero attached hydrogens (tertiary/aromatic N) is 2. The molecule has 2 atom stereocenters. The molecule has 0 bridgehead atoms. The molecule has 180 valence electrons. The van der Waals surface area contributed by atoms with Crippen LogP contribution in [0.1, 0.15) is 60.7 Å². The number of rotatable bonds is 6. The number of aliphatic imine (C=N–C) groups is 1. The molecule has 10 heteroatoms. The lowest BCUT2D eigenvalue weighted by Gasteiger charge is -2.26. The second-order valence-electron chi connectivity index (χ2n) is 8.60. The maximum absolute atomic E-state index is 14.5. The molecule has 0 spiro atoms. The third-order valence-electron chi connectivity index (χ3n) is 6.32. The minimum atomic E-state index is -1.00. The van der Waals surface area contributed by atoms with E-state index in [1.807, 2.05) is 0 Å². The van der Waals surface area contributed by atoms with Crippen LogP contribution < -0.4 is 10.9 Å². The van der Waals surface area contributed by atoms with Crippen LogP contribution in [0.4, 0.5) is 14.5 Å². The van der Waals surface area contributed by atoms with Gasteiger partial charge in [-0.2, -0.15) is 0 Å². The fraction of sp³-hybridized carbons (Fsp3) is 0.417. The molecule has 2 aromatic rings. The van der Waals surface area contributed by atoms with Gasteiger partial charge in [-0.3, -0.25) is 19.4 Å². The molecule has 2 N–H and O–H groups in total. The first-order valence-electron chi connectivity index (χ1n) is 11.1. The van der Waals surface area contributed by atoms with Crippen molar-refractivity contribution in [2.75, 3.05) is 0 Å². The number of carbonyl (C=O) groups is 2. The lowest BCUT2D eigenvalue weighted by molar-refractivity contribution is -0.129. The summed E-state index contributed by atoms with van der Waals surface area (Å²) in [6, 6.07) is 2.45. The number of nitrogens with one attached hydrogen (secondary N) is 1. The summed E-state index contributed by atoms with van der Waals surface area (Å²) in [6.07, 6.45) is 0.441. The predicted molar refractivity (Wildman–Crippen MR) is 119 cm³/mol. The molecule has 1 amide bonds. The summed E-state index contributed by atoms with van der Waals surface area (Å²) < 4.78 is 35.2. The van der Waals surface area contributed by atoms with Gasteiger partial charge < -0.3 is 19.7 Å². The zero-order chi connectivity index (χ0) is 24.6. The second kappa shape index (κ2) is 9.46. The number of halogens is 2. The summed E-state index contributed by atoms with van der Waals surface area (Å²) >= 11 is 0. The first kappa shape index (κ1) is 23.7. The molecular formula is C24H25F2N3O5. The zero-order valence-electron chi connectivity index (χ0n) is 18.9. The number of fused-ring (bicyclic) bond motifs is 2. The van der Waals surface area contributed by atoms with Crippen molar-refractivity contribution in [1.82, 2.24) is 9.88 Å². The van der Waals surface area contributed by atoms with Gasteiger partial charge in [-0.25, -0.2) is 8.78 Å². The van der Waals surface area contributed by atoms with Gasteiger partial charge in [0.05, 0.1) is 28.8 Å². The van der Waals surface area contributed by atoms with E-state index in [1.165, 1.54) is 18.4 Å². The van der Waals surface area contributed by atoms with Crippen LogP contribution in [0.25, 0.3) is 0 Å². The molecule has 34 heavy (non-hydrogen) atoms. The van der Waals surface area contributed by atoms with Crippen LogP contribution in [0.2, 0.25) is 0 Å². The van der Waals surface area contributed by atoms with Gasteiger partial charge in [0.1, 0.15) is 6.61 Å². The van der Waals surface area contributed by atoms with Crippen LogP contribution in [0.15, 0.2) is 21.9 Å². The molecule has 8 nitrogen and oxygen atoms in total. The summed E-state index contributed by atoms with van der Waals surface area (Å²) in [5, 5.41) is 13.0. The van der Waals surface area contributed by atoms with Gasteiger partial charge in [0.2, 0.25) is 5.91 Å². The number of carbonyl (C=O) groups excluding carboxylic acids is 2. The minimum Gasteiger partial charge on any atom is -0.463 e. The van der Waals surface area contributed by atoms with Crippen molar-refractivity contribution in [1.29, 1.82) is 0 Å². The number of amides is 1. The molecule has 0 radical (unpaired) electrons. The third kappa shape index (κ3) is 4.37. The number of pyridine rings is 1. The van der Waals surface area contributed by atoms with Crippen molar-refractivity contribution in [2.45, 2.75) is 64.8 Å². The van der Waals surface area contributed by atoms with Crippen molar-refractivity contribution in [3.63, 3.8) is 0 Å². The van der Waals surface area contributed by atoms with Gasteiger partial charge in [0, 0.05) is 32.0 Å². The van der Waals surface area contributed by atoms with Crippen molar-refractivity contribution in [3.8, 4) is 0 Å². The van der Waals surface area contributed by atoms with E-state index in [0.717, 1.165) is 6.07 Å². The number of aliphatic hydroxyl groups excluding tert-OH is 1. The Morgan fingerprint density at radius 1 is 1.35 bits per heavy atom. The standard InChI is InChI=1S/C24H25F2N3O5/c1-12(31)16-8-22-20(5-6-29(22)24(33)18(16)10-34-11-30)28-21-9-19(25)23(26)15-4-3-14(7-17(15)21)27-13(2)32/h8-9,11-12,14,31H,3-7,10H2,1-2H3,(H,27,32)/b28-20+. The molecule has 1 aromatic heterocycles. The molecule has 2 heterocycles. The first-order chi connectivity index (χ1) is 16.2. The molecule has 0 saturated heterocycles. The number of benzene rings is 1. The van der Waals surface area contributed by atoms with Gasteiger partial charge in [0.15, 0.2) is 11.6 Å². The third-order valence-corrected chi connectivity index (χ3v) is 6.32. The van der Waals surface area contributed by atoms with Crippen LogP contribution in [-0.2, 0) is 40.3 Å². The number of hydrogen-bond acceptors (Lipinski definition) is 6. The van der Waals surface area contributed by atoms with E-state index >= 15 is 0 Å². The maximum Gasteiger partial charge on any atom is 0.293 e. The van der Waals surface area contributed by atoms with Crippen LogP contribution in [0.5, 0.6) is 0 Å². The van der Waals surface area contributed by atoms with E-state index in [-0.39, 0.29) is 48.3 Å². The quantitative estimate of drug-likeness (QED) is 0.626. The van der Waals surface area contributed by atoms with Gasteiger partial charge in [-0.1, -0.05) is 0 Å². The van der Waals surface area contributed by atoms with E-state index in [0.29, 0.717) is 48.3 Å². The smallest absolute Gasteiger partial charge is 0.293 e. The molecule has 0 saturated carbocycles. The normalized spacial score (nSPS) is 18.9. The largest absolute Gasteiger partial charge is 0.463 e. The highest BCUT2D eigenvalue weighted by atomic mass is 19.2. The summed E-state index contributed by atoms with van der Waals surface area (Å²) in [7, 11) is 0. The molecule has 1 aliphatic heterocycles. The molecule has 2 aliphatic rings. The number of aromatic nitrogens is 1. The highest BCUT2D eigenvalue weighted by Gasteiger charge is 2.29. The minimum absolute atomic E-state index is 0.176. The van der Waals surface area contributed by atoms with Crippen LogP contribution in [0.3, 0.4) is 0 Å². The highest BCUT2D eigenvalue weighted by molar-refractivity contribution is 6.02. The molecular weight excluding hydrogens is 448 g/mol. The molecule has 1 aromatic carbocycles. The van der Waals surface area contributed by atoms with Crippen LogP contribution in [0, 0.1) is 11.6 Å². The zero-order valence-corrected chi connectivity index (χ0v) is 18.9. The Labute approximate surface area is 194 Å². The van der Waals surface area contributed by atoms with Crippen LogP contribution in [-0.4, -0.2) is 33.8 Å². The number of aliphatic hydroxyl groups is 1. The van der Waals surface area contributed by atoms with E-state index in [1.54, 1.807) is 6.07 Å². The van der Waals surface area contributed by atoms with E-state index < -0.39 is 23.3 Å². The number of ether oxygens (including phenoxy) is 1. The lowest BCUT2D eigenvalue weighted by atomic mass is 9.86. The topological polar surface area (TPSA) is 110 Å². The molecule has 4 rings (SSSR count). The first-order valence-corrected chi connectivity index (χ1v) is 11.1. The average molecular weight is 473 g/mol. The predicted octanol–water partition coefficient (Wildman–Crippen LogP) is 2.37. The Bertz CT molecular complexity index is 1250. The Hall–Kier alpha value is -3.40.